The van der Waals surface area contributed by atoms with Gasteiger partial charge in [0.2, 0.25) is 0 Å². The molecule has 0 radical (unpaired) electrons. The van der Waals surface area contributed by atoms with Gasteiger partial charge in [0, 0.05) is 13.4 Å². The van der Waals surface area contributed by atoms with Crippen LogP contribution < -0.4 is 0 Å². The maximum atomic E-state index is 13.2. The number of halogens is 5. The summed E-state index contributed by atoms with van der Waals surface area (Å²) in [5, 5.41) is -5.03. The lowest BCUT2D eigenvalue weighted by molar-refractivity contribution is -0.169. The van der Waals surface area contributed by atoms with Gasteiger partial charge < -0.3 is 9.47 Å². The van der Waals surface area contributed by atoms with Crippen LogP contribution in [0.1, 0.15) is 36.0 Å². The third kappa shape index (κ3) is 5.49. The van der Waals surface area contributed by atoms with Crippen LogP contribution in [0.3, 0.4) is 0 Å². The number of carbonyl (C=O) groups excluding carboxylic acids is 2. The zero-order valence-corrected chi connectivity index (χ0v) is 19.4. The van der Waals surface area contributed by atoms with Crippen molar-refractivity contribution in [2.75, 3.05) is 0 Å². The average Bonchev–Trinajstić information content (AvgIpc) is 2.54. The van der Waals surface area contributed by atoms with E-state index in [4.69, 9.17) is 9.29 Å². The van der Waals surface area contributed by atoms with Gasteiger partial charge in [-0.2, -0.15) is 17.2 Å². The van der Waals surface area contributed by atoms with E-state index in [1.807, 2.05) is 0 Å². The van der Waals surface area contributed by atoms with Crippen LogP contribution in [0, 0.1) is 0 Å². The zero-order valence-electron chi connectivity index (χ0n) is 13.8. The van der Waals surface area contributed by atoms with Crippen molar-refractivity contribution in [3.63, 3.8) is 0 Å². The largest absolute Gasteiger partial charge is 0.465 e. The number of benzene rings is 1. The smallest absolute Gasteiger partial charge is 0.459 e. The fourth-order valence-corrected chi connectivity index (χ4v) is 5.38. The first-order valence-corrected chi connectivity index (χ1v) is 11.6. The summed E-state index contributed by atoms with van der Waals surface area (Å²) in [5.41, 5.74) is 0.282. The Morgan fingerprint density at radius 2 is 1.43 bits per heavy atom. The molecule has 0 saturated heterocycles. The van der Waals surface area contributed by atoms with Crippen LogP contribution in [0.5, 0.6) is 0 Å². The van der Waals surface area contributed by atoms with E-state index >= 15 is 0 Å². The number of ether oxygens (including phenoxy) is 2. The SMILES string of the molecule is O=C(OC1CCC(OC(=O)C(F)(F)S(=O)(=O)O)CC1)c1c(Br)cc(Br)cc1Br. The fourth-order valence-electron chi connectivity index (χ4n) is 2.54. The van der Waals surface area contributed by atoms with E-state index in [0.29, 0.717) is 8.95 Å². The first kappa shape index (κ1) is 23.6. The van der Waals surface area contributed by atoms with Crippen LogP contribution in [0.25, 0.3) is 0 Å². The Kier molecular flexibility index (Phi) is 7.62. The Balaban J connectivity index is 1.93. The summed E-state index contributed by atoms with van der Waals surface area (Å²) in [4.78, 5) is 23.7. The number of alkyl halides is 2. The first-order valence-electron chi connectivity index (χ1n) is 7.74. The summed E-state index contributed by atoms with van der Waals surface area (Å²) >= 11 is 9.84. The highest BCUT2D eigenvalue weighted by atomic mass is 79.9. The molecule has 1 saturated carbocycles. The molecule has 1 aliphatic carbocycles. The number of esters is 2. The molecular formula is C15H13Br3F2O7S. The van der Waals surface area contributed by atoms with Crippen molar-refractivity contribution in [1.29, 1.82) is 0 Å². The highest BCUT2D eigenvalue weighted by Crippen LogP contribution is 2.32. The molecule has 1 aromatic rings. The van der Waals surface area contributed by atoms with Crippen molar-refractivity contribution in [1.82, 2.24) is 0 Å². The molecule has 1 aliphatic rings. The van der Waals surface area contributed by atoms with Gasteiger partial charge in [-0.1, -0.05) is 15.9 Å². The molecule has 0 bridgehead atoms. The summed E-state index contributed by atoms with van der Waals surface area (Å²) < 4.78 is 67.6. The second-order valence-corrected chi connectivity index (χ2v) is 10.0. The molecule has 2 rings (SSSR count). The van der Waals surface area contributed by atoms with Crippen LogP contribution in [0.2, 0.25) is 0 Å². The van der Waals surface area contributed by atoms with Crippen LogP contribution in [0.15, 0.2) is 25.6 Å². The summed E-state index contributed by atoms with van der Waals surface area (Å²) in [5.74, 6) is -2.93. The van der Waals surface area contributed by atoms with Gasteiger partial charge in [0.05, 0.1) is 5.56 Å². The molecule has 156 valence electrons. The third-order valence-electron chi connectivity index (χ3n) is 3.94. The van der Waals surface area contributed by atoms with Crippen molar-refractivity contribution in [3.05, 3.63) is 31.1 Å². The maximum Gasteiger partial charge on any atom is 0.465 e. The molecule has 0 atom stereocenters. The van der Waals surface area contributed by atoms with E-state index in [1.165, 1.54) is 0 Å². The highest BCUT2D eigenvalue weighted by molar-refractivity contribution is 9.11. The van der Waals surface area contributed by atoms with Crippen molar-refractivity contribution < 1.29 is 40.8 Å². The summed E-state index contributed by atoms with van der Waals surface area (Å²) in [6.07, 6.45) is -0.852. The van der Waals surface area contributed by atoms with Crippen LogP contribution >= 0.6 is 47.8 Å². The molecular weight excluding hydrogens is 602 g/mol. The van der Waals surface area contributed by atoms with Crippen molar-refractivity contribution in [2.24, 2.45) is 0 Å². The van der Waals surface area contributed by atoms with Crippen molar-refractivity contribution in [2.45, 2.75) is 43.1 Å². The second kappa shape index (κ2) is 9.02. The molecule has 7 nitrogen and oxygen atoms in total. The first-order chi connectivity index (χ1) is 12.8. The summed E-state index contributed by atoms with van der Waals surface area (Å²) in [7, 11) is -5.91. The molecule has 0 heterocycles. The molecule has 0 spiro atoms. The third-order valence-corrected chi connectivity index (χ3v) is 6.46. The predicted molar refractivity (Wildman–Crippen MR) is 104 cm³/mol. The fraction of sp³-hybridized carbons (Fsp3) is 0.467. The van der Waals surface area contributed by atoms with Gasteiger partial charge in [0.15, 0.2) is 0 Å². The van der Waals surface area contributed by atoms with E-state index in [9.17, 15) is 26.8 Å². The van der Waals surface area contributed by atoms with Crippen LogP contribution in [-0.2, 0) is 24.4 Å². The van der Waals surface area contributed by atoms with E-state index < -0.39 is 39.5 Å². The molecule has 1 fully saturated rings. The molecule has 1 N–H and O–H groups in total. The number of rotatable bonds is 5. The quantitative estimate of drug-likeness (QED) is 0.385. The zero-order chi connectivity index (χ0) is 21.3. The lowest BCUT2D eigenvalue weighted by Crippen LogP contribution is -2.41. The average molecular weight is 615 g/mol. The minimum Gasteiger partial charge on any atom is -0.459 e. The van der Waals surface area contributed by atoms with E-state index in [-0.39, 0.29) is 31.2 Å². The van der Waals surface area contributed by atoms with Gasteiger partial charge in [-0.15, -0.1) is 0 Å². The normalized spacial score (nSPS) is 20.5. The second-order valence-electron chi connectivity index (χ2n) is 5.95. The molecule has 13 heteroatoms. The molecule has 1 aromatic carbocycles. The molecule has 0 aliphatic heterocycles. The van der Waals surface area contributed by atoms with Crippen molar-refractivity contribution in [3.8, 4) is 0 Å². The van der Waals surface area contributed by atoms with Crippen LogP contribution in [0.4, 0.5) is 8.78 Å². The lowest BCUT2D eigenvalue weighted by Gasteiger charge is -2.29. The number of carbonyl (C=O) groups is 2. The molecule has 28 heavy (non-hydrogen) atoms. The Hall–Kier alpha value is -0.630. The lowest BCUT2D eigenvalue weighted by atomic mass is 9.95. The topological polar surface area (TPSA) is 107 Å². The predicted octanol–water partition coefficient (Wildman–Crippen LogP) is 4.47. The monoisotopic (exact) mass is 612 g/mol. The number of hydrogen-bond donors (Lipinski definition) is 1. The van der Waals surface area contributed by atoms with Gasteiger partial charge >= 0.3 is 27.3 Å². The van der Waals surface area contributed by atoms with Gasteiger partial charge in [0.25, 0.3) is 0 Å². The molecule has 0 amide bonds. The standard InChI is InChI=1S/C15H13Br3F2O7S/c16-7-5-10(17)12(11(18)6-7)13(21)26-8-1-3-9(4-2-8)27-14(22)15(19,20)28(23,24)25/h5-6,8-9H,1-4H2,(H,23,24,25). The summed E-state index contributed by atoms with van der Waals surface area (Å²) in [6.45, 7) is 0. The Morgan fingerprint density at radius 3 is 1.86 bits per heavy atom. The number of hydrogen-bond acceptors (Lipinski definition) is 6. The Labute approximate surface area is 184 Å². The van der Waals surface area contributed by atoms with Gasteiger partial charge in [-0.05, 0) is 69.7 Å². The van der Waals surface area contributed by atoms with Gasteiger partial charge in [-0.25, -0.2) is 9.59 Å². The van der Waals surface area contributed by atoms with E-state index in [1.54, 1.807) is 12.1 Å². The van der Waals surface area contributed by atoms with E-state index in [0.717, 1.165) is 4.47 Å². The van der Waals surface area contributed by atoms with E-state index in [2.05, 4.69) is 52.5 Å². The minimum atomic E-state index is -5.91. The maximum absolute atomic E-state index is 13.2. The Bertz CT molecular complexity index is 861. The Morgan fingerprint density at radius 1 is 1.00 bits per heavy atom. The molecule has 0 unspecified atom stereocenters. The van der Waals surface area contributed by atoms with Crippen molar-refractivity contribution >= 4 is 69.8 Å². The molecule has 0 aromatic heterocycles. The van der Waals surface area contributed by atoms with Gasteiger partial charge in [0.1, 0.15) is 12.2 Å². The minimum absolute atomic E-state index is 0.0912. The van der Waals surface area contributed by atoms with Crippen LogP contribution in [-0.4, -0.2) is 42.4 Å². The van der Waals surface area contributed by atoms with Gasteiger partial charge in [-0.3, -0.25) is 4.55 Å². The highest BCUT2D eigenvalue weighted by Gasteiger charge is 2.54. The summed E-state index contributed by atoms with van der Waals surface area (Å²) in [6, 6.07) is 3.35.